The van der Waals surface area contributed by atoms with Crippen molar-refractivity contribution >= 4 is 29.7 Å². The highest BCUT2D eigenvalue weighted by Crippen LogP contribution is 2.25. The normalized spacial score (nSPS) is 13.7. The van der Waals surface area contributed by atoms with Gasteiger partial charge < -0.3 is 73.1 Å². The minimum atomic E-state index is -1.07. The highest BCUT2D eigenvalue weighted by molar-refractivity contribution is 5.80. The van der Waals surface area contributed by atoms with Crippen LogP contribution in [0.4, 0.5) is 4.79 Å². The molecular weight excluding hydrogens is 1110 g/mol. The molecule has 87 heavy (non-hydrogen) atoms. The van der Waals surface area contributed by atoms with Crippen LogP contribution in [0.3, 0.4) is 0 Å². The van der Waals surface area contributed by atoms with E-state index in [1.165, 1.54) is 6.42 Å². The number of aliphatic hydroxyl groups is 1. The average Bonchev–Trinajstić information content (AvgIpc) is 3.57. The van der Waals surface area contributed by atoms with Crippen LogP contribution in [0.15, 0.2) is 0 Å². The van der Waals surface area contributed by atoms with Gasteiger partial charge in [-0.15, -0.1) is 0 Å². The first kappa shape index (κ1) is 92.7. The molecule has 19 nitrogen and oxygen atoms in total. The van der Waals surface area contributed by atoms with Crippen LogP contribution in [0.1, 0.15) is 229 Å². The van der Waals surface area contributed by atoms with E-state index in [9.17, 15) is 29.1 Å². The van der Waals surface area contributed by atoms with Crippen molar-refractivity contribution in [2.45, 2.75) is 235 Å². The molecule has 1 saturated heterocycles. The molecule has 1 aliphatic rings. The van der Waals surface area contributed by atoms with E-state index in [1.807, 2.05) is 4.90 Å². The van der Waals surface area contributed by atoms with Crippen molar-refractivity contribution in [2.24, 2.45) is 38.4 Å². The smallest absolute Gasteiger partial charge is 0.407 e. The van der Waals surface area contributed by atoms with Crippen LogP contribution in [0, 0.1) is 38.4 Å². The lowest BCUT2D eigenvalue weighted by molar-refractivity contribution is -0.141. The molecule has 4 N–H and O–H groups in total. The second-order valence-electron chi connectivity index (χ2n) is 30.3. The Balaban J connectivity index is -0.000000369. The summed E-state index contributed by atoms with van der Waals surface area (Å²) in [5.41, 5.74) is 1.88. The number of hydrogen-bond donors (Lipinski definition) is 4. The number of carbonyl (C=O) groups excluding carboxylic acids is 3. The Morgan fingerprint density at radius 3 is 1.11 bits per heavy atom. The Morgan fingerprint density at radius 1 is 0.471 bits per heavy atom. The van der Waals surface area contributed by atoms with Crippen molar-refractivity contribution < 1.29 is 77.2 Å². The van der Waals surface area contributed by atoms with Crippen LogP contribution in [0.2, 0.25) is 0 Å². The number of nitrogens with one attached hydrogen (secondary N) is 1. The summed E-state index contributed by atoms with van der Waals surface area (Å²) in [6.45, 7) is 54.6. The second kappa shape index (κ2) is 54.7. The largest absolute Gasteiger partial charge is 0.481 e. The number of nitrogens with zero attached hydrogens (tertiary/aromatic N) is 2. The van der Waals surface area contributed by atoms with Gasteiger partial charge in [-0.05, 0) is 91.4 Å². The zero-order valence-electron chi connectivity index (χ0n) is 60.3. The molecule has 0 spiro atoms. The van der Waals surface area contributed by atoms with Gasteiger partial charge in [0.2, 0.25) is 5.91 Å². The molecule has 19 heteroatoms. The second-order valence-corrected chi connectivity index (χ2v) is 30.3. The molecule has 522 valence electrons. The third-order valence-electron chi connectivity index (χ3n) is 12.1. The van der Waals surface area contributed by atoms with Gasteiger partial charge in [-0.1, -0.05) is 164 Å². The molecule has 0 aliphatic carbocycles. The minimum Gasteiger partial charge on any atom is -0.481 e. The number of aliphatic carboxylic acids is 2. The molecule has 2 atom stereocenters. The van der Waals surface area contributed by atoms with Crippen LogP contribution < -0.4 is 5.32 Å². The van der Waals surface area contributed by atoms with E-state index < -0.39 is 24.1 Å². The maximum atomic E-state index is 11.8. The predicted molar refractivity (Wildman–Crippen MR) is 354 cm³/mol. The number of ketones is 1. The Kier molecular flexibility index (Phi) is 58.3. The van der Waals surface area contributed by atoms with Crippen molar-refractivity contribution in [3.8, 4) is 0 Å². The fourth-order valence-electron chi connectivity index (χ4n) is 7.04. The lowest BCUT2D eigenvalue weighted by Crippen LogP contribution is -2.47. The Morgan fingerprint density at radius 2 is 0.816 bits per heavy atom. The monoisotopic (exact) mass is 1250 g/mol. The number of hydrogen-bond acceptors (Lipinski definition) is 15. The van der Waals surface area contributed by atoms with Crippen LogP contribution in [0.5, 0.6) is 0 Å². The number of Topliss-reactive ketones (excluding diaryl/α,β-unsaturated/α-hetero) is 1. The number of piperazine rings is 1. The number of rotatable bonds is 37. The number of alkyl carbamates (subject to hydrolysis) is 1. The lowest BCUT2D eigenvalue weighted by Gasteiger charge is -2.34. The zero-order chi connectivity index (χ0) is 68.2. The molecule has 1 rings (SSSR count). The third-order valence-corrected chi connectivity index (χ3v) is 12.1. The number of carbonyl (C=O) groups is 5. The van der Waals surface area contributed by atoms with Crippen LogP contribution in [0.25, 0.3) is 0 Å². The van der Waals surface area contributed by atoms with Gasteiger partial charge in [0, 0.05) is 52.7 Å². The summed E-state index contributed by atoms with van der Waals surface area (Å²) >= 11 is 0. The van der Waals surface area contributed by atoms with E-state index >= 15 is 0 Å². The van der Waals surface area contributed by atoms with E-state index in [1.54, 1.807) is 21.0 Å². The topological polar surface area (TPSA) is 238 Å². The van der Waals surface area contributed by atoms with Gasteiger partial charge in [-0.25, -0.2) is 9.59 Å². The molecule has 0 radical (unpaired) electrons. The number of amides is 2. The minimum absolute atomic E-state index is 0.0263. The number of methoxy groups -OCH3 is 1. The highest BCUT2D eigenvalue weighted by Gasteiger charge is 2.24. The zero-order valence-corrected chi connectivity index (χ0v) is 60.3. The number of ether oxygens (including phenoxy) is 8. The first-order valence-electron chi connectivity index (χ1n) is 32.4. The number of carboxylic acids is 2. The van der Waals surface area contributed by atoms with Crippen molar-refractivity contribution in [2.75, 3.05) is 139 Å². The molecule has 0 aromatic heterocycles. The van der Waals surface area contributed by atoms with E-state index in [0.29, 0.717) is 132 Å². The van der Waals surface area contributed by atoms with Gasteiger partial charge in [-0.3, -0.25) is 9.59 Å². The summed E-state index contributed by atoms with van der Waals surface area (Å²) < 4.78 is 42.1. The summed E-state index contributed by atoms with van der Waals surface area (Å²) in [7, 11) is 3.74. The predicted octanol–water partition coefficient (Wildman–Crippen LogP) is 13.3. The fraction of sp³-hybridized carbons (Fsp3) is 0.926. The third kappa shape index (κ3) is 89.5. The maximum Gasteiger partial charge on any atom is 0.407 e. The Bertz CT molecular complexity index is 1630. The van der Waals surface area contributed by atoms with E-state index in [2.05, 4.69) is 149 Å². The molecule has 1 heterocycles. The van der Waals surface area contributed by atoms with Crippen LogP contribution in [-0.4, -0.2) is 200 Å². The molecular formula is C68H139N3O16. The lowest BCUT2D eigenvalue weighted by atomic mass is 9.89. The molecule has 0 unspecified atom stereocenters. The van der Waals surface area contributed by atoms with E-state index in [4.69, 9.17) is 48.1 Å². The molecule has 1 aliphatic heterocycles. The van der Waals surface area contributed by atoms with Crippen LogP contribution >= 0.6 is 0 Å². The summed E-state index contributed by atoms with van der Waals surface area (Å²) in [4.78, 5) is 60.3. The molecule has 0 bridgehead atoms. The summed E-state index contributed by atoms with van der Waals surface area (Å²) in [5, 5.41) is 28.7. The van der Waals surface area contributed by atoms with Gasteiger partial charge in [0.1, 0.15) is 18.4 Å². The molecule has 0 aromatic rings. The number of aliphatic hydroxyl groups excluding tert-OH is 1. The number of unbranched alkanes of at least 4 members (excludes halogenated alkanes) is 2. The van der Waals surface area contributed by atoms with Crippen molar-refractivity contribution in [3.05, 3.63) is 0 Å². The Labute approximate surface area is 532 Å². The van der Waals surface area contributed by atoms with Gasteiger partial charge in [0.05, 0.1) is 91.8 Å². The highest BCUT2D eigenvalue weighted by atomic mass is 16.6. The van der Waals surface area contributed by atoms with Gasteiger partial charge >= 0.3 is 18.0 Å². The molecule has 2 amide bonds. The number of likely N-dealkylation sites (N-methyl/N-ethyl adjacent to an activating group) is 1. The standard InChI is InChI=1S/C26H51NO11.C11H22N2O.C11H22O2.C9H18O.C6H14O.C5H12/c1-26(2,3)8-6-5-7-23(24(28)29)27-25(30)38-22-21-37-20-19-36-18-17-35-16-15-34-14-13-33-12-11-32-10-9-31-4;1-11(2,3)9-10(14)13-7-5-12(4)6-8-13;1-9(10(12)13)7-5-6-8-11(2,3)4;1-8(10)6-5-7-9(2,3)4;1-6(2,3)4-5-7;1-5(2,3)4/h23H,5-22H2,1-4H3,(H,27,30)(H,28,29);5-9H2,1-4H3;9H,5-8H2,1-4H3,(H,12,13);5-7H2,1-4H3;7H,4-5H2,1-3H3;1-4H3/t23-;;9-;;;/m0.0.../s1. The van der Waals surface area contributed by atoms with Crippen LogP contribution in [-0.2, 0) is 57.1 Å². The van der Waals surface area contributed by atoms with Crippen molar-refractivity contribution in [3.63, 3.8) is 0 Å². The first-order valence-corrected chi connectivity index (χ1v) is 32.4. The number of carboxylic acid groups (broad SMARTS) is 2. The average molecular weight is 1250 g/mol. The van der Waals surface area contributed by atoms with Crippen molar-refractivity contribution in [1.82, 2.24) is 15.1 Å². The maximum absolute atomic E-state index is 11.8. The summed E-state index contributed by atoms with van der Waals surface area (Å²) in [6.07, 6.45) is 10.9. The van der Waals surface area contributed by atoms with Gasteiger partial charge in [0.15, 0.2) is 0 Å². The van der Waals surface area contributed by atoms with Gasteiger partial charge in [-0.2, -0.15) is 0 Å². The van der Waals surface area contributed by atoms with Crippen molar-refractivity contribution in [1.29, 1.82) is 0 Å². The SMILES string of the molecule is CC(=O)CCCC(C)(C)C.CC(C)(C)C.CC(C)(C)CCO.CN1CCN(C(=O)CC(C)(C)C)CC1.COCCOCCOCCOCCOCCOCCOCCOC(=O)N[C@@H](CCCCC(C)(C)C)C(=O)O.C[C@@H](CCCCC(C)(C)C)C(=O)O. The Hall–Kier alpha value is -3.01. The summed E-state index contributed by atoms with van der Waals surface area (Å²) in [6, 6.07) is -0.957. The molecule has 0 saturated carbocycles. The first-order chi connectivity index (χ1) is 39.9. The van der Waals surface area contributed by atoms with Gasteiger partial charge in [0.25, 0.3) is 0 Å². The molecule has 0 aromatic carbocycles. The fourth-order valence-corrected chi connectivity index (χ4v) is 7.04. The van der Waals surface area contributed by atoms with E-state index in [-0.39, 0.29) is 30.0 Å². The summed E-state index contributed by atoms with van der Waals surface area (Å²) in [5.74, 6) is -1.30. The molecule has 1 fully saturated rings. The van der Waals surface area contributed by atoms with E-state index in [0.717, 1.165) is 90.4 Å². The quantitative estimate of drug-likeness (QED) is 0.0423.